The summed E-state index contributed by atoms with van der Waals surface area (Å²) in [4.78, 5) is 17.4. The van der Waals surface area contributed by atoms with Gasteiger partial charge in [0, 0.05) is 57.1 Å². The fourth-order valence-corrected chi connectivity index (χ4v) is 4.58. The maximum absolute atomic E-state index is 13.2. The molecule has 158 valence electrons. The van der Waals surface area contributed by atoms with E-state index in [1.54, 1.807) is 7.11 Å². The van der Waals surface area contributed by atoms with E-state index in [0.29, 0.717) is 25.3 Å². The van der Waals surface area contributed by atoms with Gasteiger partial charge >= 0.3 is 0 Å². The number of hydrogen-bond acceptors (Lipinski definition) is 6. The number of methoxy groups -OCH3 is 1. The second kappa shape index (κ2) is 8.71. The molecule has 0 radical (unpaired) electrons. The summed E-state index contributed by atoms with van der Waals surface area (Å²) in [7, 11) is 1.70. The minimum absolute atomic E-state index is 0.0194. The van der Waals surface area contributed by atoms with E-state index in [2.05, 4.69) is 17.0 Å². The van der Waals surface area contributed by atoms with Gasteiger partial charge in [-0.05, 0) is 38.9 Å². The van der Waals surface area contributed by atoms with E-state index in [0.717, 1.165) is 48.8 Å². The molecule has 29 heavy (non-hydrogen) atoms. The zero-order valence-corrected chi connectivity index (χ0v) is 17.6. The van der Waals surface area contributed by atoms with Crippen molar-refractivity contribution >= 4 is 5.91 Å². The number of aryl methyl sites for hydroxylation is 2. The summed E-state index contributed by atoms with van der Waals surface area (Å²) in [5, 5.41) is 3.96. The van der Waals surface area contributed by atoms with E-state index in [-0.39, 0.29) is 17.9 Å². The maximum Gasteiger partial charge on any atom is 0.289 e. The maximum atomic E-state index is 13.2. The van der Waals surface area contributed by atoms with Crippen molar-refractivity contribution in [2.45, 2.75) is 52.2 Å². The molecule has 2 saturated heterocycles. The number of hydrogen-bond donors (Lipinski definition) is 0. The number of amides is 1. The Kier molecular flexibility index (Phi) is 6.06. The van der Waals surface area contributed by atoms with Crippen LogP contribution in [-0.4, -0.2) is 60.3 Å². The summed E-state index contributed by atoms with van der Waals surface area (Å²) in [5.41, 5.74) is 2.02. The van der Waals surface area contributed by atoms with E-state index in [1.165, 1.54) is 12.8 Å². The van der Waals surface area contributed by atoms with Crippen LogP contribution < -0.4 is 0 Å². The molecule has 2 fully saturated rings. The third kappa shape index (κ3) is 4.41. The summed E-state index contributed by atoms with van der Waals surface area (Å²) in [5.74, 6) is 2.34. The van der Waals surface area contributed by atoms with Crippen LogP contribution in [-0.2, 0) is 24.1 Å². The van der Waals surface area contributed by atoms with Crippen LogP contribution in [0.4, 0.5) is 0 Å². The Morgan fingerprint density at radius 1 is 1.28 bits per heavy atom. The van der Waals surface area contributed by atoms with Crippen LogP contribution in [0.3, 0.4) is 0 Å². The van der Waals surface area contributed by atoms with E-state index in [1.807, 2.05) is 24.0 Å². The van der Waals surface area contributed by atoms with Crippen LogP contribution in [0.25, 0.3) is 0 Å². The Bertz CT molecular complexity index is 837. The average Bonchev–Trinajstić information content (AvgIpc) is 3.49. The first-order chi connectivity index (χ1) is 14.1. The molecule has 2 aromatic rings. The first-order valence-corrected chi connectivity index (χ1v) is 10.7. The van der Waals surface area contributed by atoms with Crippen molar-refractivity contribution in [3.8, 4) is 0 Å². The molecule has 7 heteroatoms. The van der Waals surface area contributed by atoms with Crippen molar-refractivity contribution in [3.63, 3.8) is 0 Å². The number of aromatic nitrogens is 1. The predicted molar refractivity (Wildman–Crippen MR) is 108 cm³/mol. The smallest absolute Gasteiger partial charge is 0.289 e. The molecule has 1 amide bonds. The molecule has 7 nitrogen and oxygen atoms in total. The summed E-state index contributed by atoms with van der Waals surface area (Å²) in [6.07, 6.45) is 3.99. The topological polar surface area (TPSA) is 72.0 Å². The van der Waals surface area contributed by atoms with Crippen molar-refractivity contribution in [3.05, 3.63) is 40.7 Å². The molecule has 2 aliphatic rings. The van der Waals surface area contributed by atoms with Gasteiger partial charge in [0.05, 0.1) is 11.8 Å². The molecular formula is C22H31N3O4. The molecule has 0 aliphatic carbocycles. The zero-order chi connectivity index (χ0) is 20.4. The largest absolute Gasteiger partial charge is 0.456 e. The van der Waals surface area contributed by atoms with Crippen molar-refractivity contribution in [1.82, 2.24) is 15.0 Å². The Balaban J connectivity index is 1.45. The Morgan fingerprint density at radius 3 is 2.72 bits per heavy atom. The molecule has 2 atom stereocenters. The summed E-state index contributed by atoms with van der Waals surface area (Å²) < 4.78 is 17.0. The van der Waals surface area contributed by atoms with E-state index in [4.69, 9.17) is 13.7 Å². The molecule has 4 heterocycles. The van der Waals surface area contributed by atoms with Gasteiger partial charge in [-0.2, -0.15) is 0 Å². The highest BCUT2D eigenvalue weighted by Gasteiger charge is 2.37. The van der Waals surface area contributed by atoms with Crippen molar-refractivity contribution in [2.24, 2.45) is 5.92 Å². The molecule has 0 saturated carbocycles. The third-order valence-corrected chi connectivity index (χ3v) is 6.13. The standard InChI is InChI=1S/C22H31N3O4/c1-4-19-17(12-24-7-5-6-8-24)11-20(28-19)22(26)25-13-16(21(14-25)27-3)10-18-9-15(2)23-29-18/h9,11,16,21H,4-8,10,12-14H2,1-3H3/t16-,21+/m1/s1. The highest BCUT2D eigenvalue weighted by molar-refractivity contribution is 5.92. The lowest BCUT2D eigenvalue weighted by Crippen LogP contribution is -2.29. The van der Waals surface area contributed by atoms with Crippen molar-refractivity contribution < 1.29 is 18.5 Å². The lowest BCUT2D eigenvalue weighted by atomic mass is 10.0. The minimum atomic E-state index is -0.0503. The van der Waals surface area contributed by atoms with Gasteiger partial charge < -0.3 is 18.6 Å². The van der Waals surface area contributed by atoms with Gasteiger partial charge in [0.15, 0.2) is 5.76 Å². The Hall–Kier alpha value is -2.12. The first kappa shape index (κ1) is 20.2. The summed E-state index contributed by atoms with van der Waals surface area (Å²) in [6.45, 7) is 8.30. The van der Waals surface area contributed by atoms with Crippen LogP contribution in [0.2, 0.25) is 0 Å². The molecule has 2 aromatic heterocycles. The first-order valence-electron chi connectivity index (χ1n) is 10.7. The Morgan fingerprint density at radius 2 is 2.07 bits per heavy atom. The van der Waals surface area contributed by atoms with Gasteiger partial charge in [0.1, 0.15) is 11.5 Å². The lowest BCUT2D eigenvalue weighted by molar-refractivity contribution is 0.0653. The predicted octanol–water partition coefficient (Wildman–Crippen LogP) is 3.06. The van der Waals surface area contributed by atoms with Crippen LogP contribution in [0.1, 0.15) is 53.1 Å². The van der Waals surface area contributed by atoms with Gasteiger partial charge in [-0.25, -0.2) is 0 Å². The molecule has 0 bridgehead atoms. The van der Waals surface area contributed by atoms with Crippen LogP contribution in [0, 0.1) is 12.8 Å². The second-order valence-corrected chi connectivity index (χ2v) is 8.28. The van der Waals surface area contributed by atoms with Crippen LogP contribution >= 0.6 is 0 Å². The molecule has 4 rings (SSSR count). The lowest BCUT2D eigenvalue weighted by Gasteiger charge is -2.14. The van der Waals surface area contributed by atoms with E-state index < -0.39 is 0 Å². The number of likely N-dealkylation sites (tertiary alicyclic amines) is 2. The average molecular weight is 402 g/mol. The normalized spacial score (nSPS) is 22.7. The van der Waals surface area contributed by atoms with Gasteiger partial charge in [-0.15, -0.1) is 0 Å². The monoisotopic (exact) mass is 401 g/mol. The number of rotatable bonds is 7. The van der Waals surface area contributed by atoms with Crippen molar-refractivity contribution in [2.75, 3.05) is 33.3 Å². The van der Waals surface area contributed by atoms with Crippen molar-refractivity contribution in [1.29, 1.82) is 0 Å². The van der Waals surface area contributed by atoms with Gasteiger partial charge in [0.25, 0.3) is 5.91 Å². The van der Waals surface area contributed by atoms with Gasteiger partial charge in [-0.3, -0.25) is 9.69 Å². The quantitative estimate of drug-likeness (QED) is 0.710. The van der Waals surface area contributed by atoms with E-state index in [9.17, 15) is 4.79 Å². The molecule has 0 N–H and O–H groups in total. The Labute approximate surface area is 172 Å². The number of furan rings is 1. The third-order valence-electron chi connectivity index (χ3n) is 6.13. The number of carbonyl (C=O) groups is 1. The number of nitrogens with zero attached hydrogens (tertiary/aromatic N) is 3. The highest BCUT2D eigenvalue weighted by atomic mass is 16.5. The van der Waals surface area contributed by atoms with Crippen LogP contribution in [0.15, 0.2) is 21.1 Å². The summed E-state index contributed by atoms with van der Waals surface area (Å²) >= 11 is 0. The van der Waals surface area contributed by atoms with E-state index >= 15 is 0 Å². The molecule has 2 aliphatic heterocycles. The fraction of sp³-hybridized carbons (Fsp3) is 0.636. The molecular weight excluding hydrogens is 370 g/mol. The highest BCUT2D eigenvalue weighted by Crippen LogP contribution is 2.27. The second-order valence-electron chi connectivity index (χ2n) is 8.28. The number of carbonyl (C=O) groups excluding carboxylic acids is 1. The minimum Gasteiger partial charge on any atom is -0.456 e. The van der Waals surface area contributed by atoms with Crippen LogP contribution in [0.5, 0.6) is 0 Å². The molecule has 0 unspecified atom stereocenters. The SMILES string of the molecule is CCc1oc(C(=O)N2C[C@@H](Cc3cc(C)no3)[C@@H](OC)C2)cc1CN1CCCC1. The summed E-state index contributed by atoms with van der Waals surface area (Å²) in [6, 6.07) is 3.90. The fourth-order valence-electron chi connectivity index (χ4n) is 4.58. The molecule has 0 spiro atoms. The number of ether oxygens (including phenoxy) is 1. The van der Waals surface area contributed by atoms with Gasteiger partial charge in [0.2, 0.25) is 0 Å². The zero-order valence-electron chi connectivity index (χ0n) is 17.6. The molecule has 0 aromatic carbocycles. The van der Waals surface area contributed by atoms with Gasteiger partial charge in [-0.1, -0.05) is 12.1 Å².